The standard InChI is InChI=1S/C15H15ClN4O3/c1-2-19-14(13(16)9-18-19)10-17-15(21)7-6-11-4-3-5-12(8-11)20(22)23/h3-9H,2,10H2,1H3,(H,17,21)/b7-6+. The van der Waals surface area contributed by atoms with Crippen LogP contribution in [-0.4, -0.2) is 20.6 Å². The number of hydrogen-bond donors (Lipinski definition) is 1. The van der Waals surface area contributed by atoms with Crippen molar-refractivity contribution in [2.45, 2.75) is 20.0 Å². The van der Waals surface area contributed by atoms with Crippen LogP contribution in [0.5, 0.6) is 0 Å². The van der Waals surface area contributed by atoms with Gasteiger partial charge in [-0.3, -0.25) is 19.6 Å². The van der Waals surface area contributed by atoms with Gasteiger partial charge >= 0.3 is 0 Å². The second-order valence-electron chi connectivity index (χ2n) is 4.66. The molecule has 120 valence electrons. The number of nitro groups is 1. The largest absolute Gasteiger partial charge is 0.347 e. The lowest BCUT2D eigenvalue weighted by atomic mass is 10.2. The second-order valence-corrected chi connectivity index (χ2v) is 5.07. The smallest absolute Gasteiger partial charge is 0.270 e. The molecule has 0 bridgehead atoms. The maximum Gasteiger partial charge on any atom is 0.270 e. The summed E-state index contributed by atoms with van der Waals surface area (Å²) in [6.07, 6.45) is 4.37. The Morgan fingerprint density at radius 1 is 1.52 bits per heavy atom. The van der Waals surface area contributed by atoms with E-state index in [2.05, 4.69) is 10.4 Å². The van der Waals surface area contributed by atoms with Crippen LogP contribution in [0.2, 0.25) is 5.02 Å². The fourth-order valence-corrected chi connectivity index (χ4v) is 2.19. The summed E-state index contributed by atoms with van der Waals surface area (Å²) in [5, 5.41) is 18.0. The Morgan fingerprint density at radius 3 is 3.00 bits per heavy atom. The summed E-state index contributed by atoms with van der Waals surface area (Å²) in [6.45, 7) is 2.84. The Kier molecular flexibility index (Phi) is 5.48. The summed E-state index contributed by atoms with van der Waals surface area (Å²) >= 11 is 6.01. The van der Waals surface area contributed by atoms with Gasteiger partial charge in [-0.1, -0.05) is 23.7 Å². The number of nitrogens with zero attached hydrogens (tertiary/aromatic N) is 3. The number of non-ortho nitro benzene ring substituents is 1. The highest BCUT2D eigenvalue weighted by Gasteiger charge is 2.08. The van der Waals surface area contributed by atoms with Gasteiger partial charge in [0.1, 0.15) is 0 Å². The van der Waals surface area contributed by atoms with Crippen LogP contribution in [0.1, 0.15) is 18.2 Å². The van der Waals surface area contributed by atoms with Crippen molar-refractivity contribution >= 4 is 29.3 Å². The number of carbonyl (C=O) groups is 1. The molecule has 1 aromatic heterocycles. The number of hydrogen-bond acceptors (Lipinski definition) is 4. The predicted molar refractivity (Wildman–Crippen MR) is 86.9 cm³/mol. The molecule has 0 spiro atoms. The highest BCUT2D eigenvalue weighted by molar-refractivity contribution is 6.31. The molecule has 8 heteroatoms. The highest BCUT2D eigenvalue weighted by Crippen LogP contribution is 2.15. The number of aryl methyl sites for hydroxylation is 1. The van der Waals surface area contributed by atoms with E-state index < -0.39 is 4.92 Å². The summed E-state index contributed by atoms with van der Waals surface area (Å²) in [4.78, 5) is 22.1. The van der Waals surface area contributed by atoms with Gasteiger partial charge in [0.25, 0.3) is 5.69 Å². The first kappa shape index (κ1) is 16.7. The molecule has 1 aromatic carbocycles. The Bertz CT molecular complexity index is 755. The van der Waals surface area contributed by atoms with Crippen molar-refractivity contribution in [3.63, 3.8) is 0 Å². The minimum atomic E-state index is -0.481. The average Bonchev–Trinajstić information content (AvgIpc) is 2.91. The zero-order valence-electron chi connectivity index (χ0n) is 12.4. The first-order chi connectivity index (χ1) is 11.0. The number of rotatable bonds is 6. The van der Waals surface area contributed by atoms with Crippen LogP contribution in [-0.2, 0) is 17.9 Å². The van der Waals surface area contributed by atoms with Gasteiger partial charge in [0, 0.05) is 24.8 Å². The molecule has 23 heavy (non-hydrogen) atoms. The molecule has 2 aromatic rings. The monoisotopic (exact) mass is 334 g/mol. The van der Waals surface area contributed by atoms with Crippen LogP contribution in [0.3, 0.4) is 0 Å². The molecule has 0 fully saturated rings. The Hall–Kier alpha value is -2.67. The second kappa shape index (κ2) is 7.55. The van der Waals surface area contributed by atoms with E-state index in [1.54, 1.807) is 16.8 Å². The van der Waals surface area contributed by atoms with Crippen molar-refractivity contribution in [2.24, 2.45) is 0 Å². The summed E-state index contributed by atoms with van der Waals surface area (Å²) < 4.78 is 1.70. The summed E-state index contributed by atoms with van der Waals surface area (Å²) in [6, 6.07) is 6.03. The number of nitrogens with one attached hydrogen (secondary N) is 1. The van der Waals surface area contributed by atoms with Crippen molar-refractivity contribution in [3.05, 3.63) is 62.9 Å². The number of aromatic nitrogens is 2. The van der Waals surface area contributed by atoms with Crippen molar-refractivity contribution in [2.75, 3.05) is 0 Å². The van der Waals surface area contributed by atoms with Gasteiger partial charge in [-0.25, -0.2) is 0 Å². The summed E-state index contributed by atoms with van der Waals surface area (Å²) in [7, 11) is 0. The topological polar surface area (TPSA) is 90.1 Å². The number of carbonyl (C=O) groups excluding carboxylic acids is 1. The van der Waals surface area contributed by atoms with E-state index >= 15 is 0 Å². The molecule has 2 rings (SSSR count). The molecule has 0 aliphatic rings. The van der Waals surface area contributed by atoms with E-state index in [0.717, 1.165) is 5.69 Å². The van der Waals surface area contributed by atoms with Crippen molar-refractivity contribution < 1.29 is 9.72 Å². The maximum atomic E-state index is 11.8. The SMILES string of the molecule is CCn1ncc(Cl)c1CNC(=O)/C=C/c1cccc([N+](=O)[O-])c1. The summed E-state index contributed by atoms with van der Waals surface area (Å²) in [5.74, 6) is -0.323. The lowest BCUT2D eigenvalue weighted by molar-refractivity contribution is -0.384. The molecule has 0 unspecified atom stereocenters. The number of nitro benzene ring substituents is 1. The molecule has 7 nitrogen and oxygen atoms in total. The van der Waals surface area contributed by atoms with Crippen LogP contribution in [0.25, 0.3) is 6.08 Å². The van der Waals surface area contributed by atoms with E-state index in [1.807, 2.05) is 6.92 Å². The van der Waals surface area contributed by atoms with E-state index in [0.29, 0.717) is 17.1 Å². The molecule has 0 saturated carbocycles. The molecule has 0 radical (unpaired) electrons. The molecule has 1 N–H and O–H groups in total. The molecular weight excluding hydrogens is 320 g/mol. The van der Waals surface area contributed by atoms with Crippen molar-refractivity contribution in [3.8, 4) is 0 Å². The molecule has 1 heterocycles. The number of amides is 1. The number of benzene rings is 1. The van der Waals surface area contributed by atoms with Crippen LogP contribution < -0.4 is 5.32 Å². The fraction of sp³-hybridized carbons (Fsp3) is 0.200. The Morgan fingerprint density at radius 2 is 2.30 bits per heavy atom. The third-order valence-electron chi connectivity index (χ3n) is 3.14. The number of halogens is 1. The lowest BCUT2D eigenvalue weighted by Gasteiger charge is -2.06. The molecule has 0 atom stereocenters. The first-order valence-corrected chi connectivity index (χ1v) is 7.29. The van der Waals surface area contributed by atoms with E-state index in [-0.39, 0.29) is 18.1 Å². The van der Waals surface area contributed by atoms with Crippen LogP contribution in [0.15, 0.2) is 36.5 Å². The van der Waals surface area contributed by atoms with Gasteiger partial charge in [0.2, 0.25) is 5.91 Å². The highest BCUT2D eigenvalue weighted by atomic mass is 35.5. The lowest BCUT2D eigenvalue weighted by Crippen LogP contribution is -2.22. The average molecular weight is 335 g/mol. The third kappa shape index (κ3) is 4.40. The quantitative estimate of drug-likeness (QED) is 0.499. The van der Waals surface area contributed by atoms with Gasteiger partial charge in [-0.05, 0) is 18.6 Å². The normalized spacial score (nSPS) is 10.9. The predicted octanol–water partition coefficient (Wildman–Crippen LogP) is 2.79. The van der Waals surface area contributed by atoms with Crippen LogP contribution in [0.4, 0.5) is 5.69 Å². The van der Waals surface area contributed by atoms with Gasteiger partial charge in [0.15, 0.2) is 0 Å². The third-order valence-corrected chi connectivity index (χ3v) is 3.45. The first-order valence-electron chi connectivity index (χ1n) is 6.91. The molecule has 1 amide bonds. The van der Waals surface area contributed by atoms with Crippen molar-refractivity contribution in [1.82, 2.24) is 15.1 Å². The Balaban J connectivity index is 1.98. The van der Waals surface area contributed by atoms with Crippen LogP contribution >= 0.6 is 11.6 Å². The fourth-order valence-electron chi connectivity index (χ4n) is 1.98. The van der Waals surface area contributed by atoms with Gasteiger partial charge < -0.3 is 5.32 Å². The van der Waals surface area contributed by atoms with Gasteiger partial charge in [0.05, 0.1) is 28.4 Å². The molecule has 0 aliphatic heterocycles. The molecular formula is C15H15ClN4O3. The molecule has 0 aliphatic carbocycles. The van der Waals surface area contributed by atoms with Gasteiger partial charge in [-0.15, -0.1) is 0 Å². The van der Waals surface area contributed by atoms with E-state index in [9.17, 15) is 14.9 Å². The summed E-state index contributed by atoms with van der Waals surface area (Å²) in [5.41, 5.74) is 1.28. The van der Waals surface area contributed by atoms with E-state index in [4.69, 9.17) is 11.6 Å². The van der Waals surface area contributed by atoms with Crippen LogP contribution in [0, 0.1) is 10.1 Å². The van der Waals surface area contributed by atoms with E-state index in [1.165, 1.54) is 30.5 Å². The van der Waals surface area contributed by atoms with Gasteiger partial charge in [-0.2, -0.15) is 5.10 Å². The zero-order chi connectivity index (χ0) is 16.8. The zero-order valence-corrected chi connectivity index (χ0v) is 13.2. The maximum absolute atomic E-state index is 11.8. The Labute approximate surface area is 137 Å². The molecule has 0 saturated heterocycles. The minimum absolute atomic E-state index is 0.0220. The minimum Gasteiger partial charge on any atom is -0.347 e. The van der Waals surface area contributed by atoms with Crippen molar-refractivity contribution in [1.29, 1.82) is 0 Å².